The Morgan fingerprint density at radius 3 is 2.67 bits per heavy atom. The van der Waals surface area contributed by atoms with E-state index in [9.17, 15) is 5.11 Å². The van der Waals surface area contributed by atoms with Gasteiger partial charge in [0.15, 0.2) is 11.5 Å². The molecule has 4 aliphatic heterocycles. The van der Waals surface area contributed by atoms with Gasteiger partial charge in [0, 0.05) is 17.7 Å². The molecule has 0 saturated heterocycles. The van der Waals surface area contributed by atoms with Crippen LogP contribution in [-0.2, 0) is 0 Å². The number of hydrogen-bond donors (Lipinski definition) is 1. The molecule has 0 fully saturated rings. The van der Waals surface area contributed by atoms with Crippen LogP contribution in [0.1, 0.15) is 42.6 Å². The third-order valence-corrected chi connectivity index (χ3v) is 5.54. The van der Waals surface area contributed by atoms with E-state index in [0.29, 0.717) is 29.4 Å². The van der Waals surface area contributed by atoms with E-state index < -0.39 is 5.60 Å². The Labute approximate surface area is 155 Å². The molecule has 4 heterocycles. The Balaban J connectivity index is 1.51. The molecule has 1 N–H and O–H groups in total. The van der Waals surface area contributed by atoms with Crippen molar-refractivity contribution in [3.63, 3.8) is 0 Å². The summed E-state index contributed by atoms with van der Waals surface area (Å²) in [6.07, 6.45) is 3.59. The van der Waals surface area contributed by atoms with Crippen LogP contribution < -0.4 is 23.7 Å². The van der Waals surface area contributed by atoms with Crippen LogP contribution in [0.25, 0.3) is 6.08 Å². The Morgan fingerprint density at radius 1 is 1.00 bits per heavy atom. The maximum absolute atomic E-state index is 10.4. The molecule has 0 bridgehead atoms. The number of rotatable bonds is 0. The van der Waals surface area contributed by atoms with Crippen LogP contribution in [0.3, 0.4) is 0 Å². The second kappa shape index (κ2) is 4.82. The van der Waals surface area contributed by atoms with Crippen molar-refractivity contribution in [2.24, 2.45) is 0 Å². The molecule has 2 atom stereocenters. The highest BCUT2D eigenvalue weighted by molar-refractivity contribution is 5.73. The van der Waals surface area contributed by atoms with Gasteiger partial charge < -0.3 is 28.8 Å². The van der Waals surface area contributed by atoms with Gasteiger partial charge in [-0.25, -0.2) is 0 Å². The average molecular weight is 366 g/mol. The molecule has 0 amide bonds. The van der Waals surface area contributed by atoms with E-state index in [2.05, 4.69) is 0 Å². The second-order valence-corrected chi connectivity index (χ2v) is 7.79. The lowest BCUT2D eigenvalue weighted by molar-refractivity contribution is 0.116. The van der Waals surface area contributed by atoms with E-state index in [4.69, 9.17) is 23.7 Å². The largest absolute Gasteiger partial charge is 0.507 e. The SMILES string of the molecule is CC1(C)C=Cc2c(O)cc3c(c2O1)C1Oc2cc4c(cc2C1CO3)OCO4. The molecule has 6 nitrogen and oxygen atoms in total. The van der Waals surface area contributed by atoms with Gasteiger partial charge in [0.25, 0.3) is 0 Å². The summed E-state index contributed by atoms with van der Waals surface area (Å²) in [5, 5.41) is 10.4. The van der Waals surface area contributed by atoms with Gasteiger partial charge in [0.2, 0.25) is 6.79 Å². The van der Waals surface area contributed by atoms with Crippen molar-refractivity contribution >= 4 is 6.08 Å². The summed E-state index contributed by atoms with van der Waals surface area (Å²) in [5.41, 5.74) is 2.07. The number of phenols is 1. The van der Waals surface area contributed by atoms with Crippen molar-refractivity contribution in [3.05, 3.63) is 41.0 Å². The molecular weight excluding hydrogens is 348 g/mol. The molecule has 2 aromatic rings. The topological polar surface area (TPSA) is 66.4 Å². The number of benzene rings is 2. The van der Waals surface area contributed by atoms with Gasteiger partial charge in [0.05, 0.1) is 23.7 Å². The monoisotopic (exact) mass is 366 g/mol. The van der Waals surface area contributed by atoms with Crippen molar-refractivity contribution < 1.29 is 28.8 Å². The number of phenolic OH excluding ortho intramolecular Hbond substituents is 1. The molecule has 2 aromatic carbocycles. The van der Waals surface area contributed by atoms with Crippen molar-refractivity contribution in [2.75, 3.05) is 13.4 Å². The van der Waals surface area contributed by atoms with E-state index in [1.165, 1.54) is 0 Å². The average Bonchev–Trinajstić information content (AvgIpc) is 3.21. The highest BCUT2D eigenvalue weighted by atomic mass is 16.7. The molecule has 6 rings (SSSR count). The van der Waals surface area contributed by atoms with Gasteiger partial charge in [-0.1, -0.05) is 0 Å². The summed E-state index contributed by atoms with van der Waals surface area (Å²) in [6.45, 7) is 4.65. The summed E-state index contributed by atoms with van der Waals surface area (Å²) in [5.74, 6) is 3.60. The summed E-state index contributed by atoms with van der Waals surface area (Å²) >= 11 is 0. The molecule has 0 saturated carbocycles. The molecule has 0 spiro atoms. The molecule has 27 heavy (non-hydrogen) atoms. The first-order valence-electron chi connectivity index (χ1n) is 9.01. The lowest BCUT2D eigenvalue weighted by Crippen LogP contribution is -2.31. The molecule has 2 unspecified atom stereocenters. The summed E-state index contributed by atoms with van der Waals surface area (Å²) in [7, 11) is 0. The number of aromatic hydroxyl groups is 1. The van der Waals surface area contributed by atoms with Crippen LogP contribution in [0, 0.1) is 0 Å². The lowest BCUT2D eigenvalue weighted by Gasteiger charge is -2.35. The van der Waals surface area contributed by atoms with Gasteiger partial charge in [-0.05, 0) is 32.1 Å². The number of hydrogen-bond acceptors (Lipinski definition) is 6. The molecular formula is C21H18O6. The predicted molar refractivity (Wildman–Crippen MR) is 96.0 cm³/mol. The lowest BCUT2D eigenvalue weighted by atomic mass is 9.86. The van der Waals surface area contributed by atoms with E-state index >= 15 is 0 Å². The molecule has 6 heteroatoms. The summed E-state index contributed by atoms with van der Waals surface area (Å²) in [4.78, 5) is 0. The van der Waals surface area contributed by atoms with Crippen LogP contribution in [0.4, 0.5) is 0 Å². The quantitative estimate of drug-likeness (QED) is 0.762. The van der Waals surface area contributed by atoms with E-state index in [1.54, 1.807) is 6.07 Å². The zero-order valence-corrected chi connectivity index (χ0v) is 14.9. The van der Waals surface area contributed by atoms with Crippen molar-refractivity contribution in [1.82, 2.24) is 0 Å². The summed E-state index contributed by atoms with van der Waals surface area (Å²) in [6, 6.07) is 5.51. The first-order valence-corrected chi connectivity index (χ1v) is 9.01. The van der Waals surface area contributed by atoms with Gasteiger partial charge in [0.1, 0.15) is 34.7 Å². The minimum atomic E-state index is -0.476. The maximum Gasteiger partial charge on any atom is 0.231 e. The third kappa shape index (κ3) is 2.01. The van der Waals surface area contributed by atoms with Crippen LogP contribution in [0.2, 0.25) is 0 Å². The van der Waals surface area contributed by atoms with Crippen molar-refractivity contribution in [3.8, 4) is 34.5 Å². The fourth-order valence-corrected chi connectivity index (χ4v) is 4.22. The van der Waals surface area contributed by atoms with Crippen molar-refractivity contribution in [1.29, 1.82) is 0 Å². The Kier molecular flexibility index (Phi) is 2.69. The third-order valence-electron chi connectivity index (χ3n) is 5.54. The molecule has 0 radical (unpaired) electrons. The smallest absolute Gasteiger partial charge is 0.231 e. The first kappa shape index (κ1) is 15.1. The minimum absolute atomic E-state index is 0.0215. The molecule has 0 aromatic heterocycles. The zero-order chi connectivity index (χ0) is 18.3. The molecule has 138 valence electrons. The minimum Gasteiger partial charge on any atom is -0.507 e. The van der Waals surface area contributed by atoms with Crippen LogP contribution in [-0.4, -0.2) is 24.1 Å². The molecule has 0 aliphatic carbocycles. The zero-order valence-electron chi connectivity index (χ0n) is 14.9. The Hall–Kier alpha value is -3.02. The highest BCUT2D eigenvalue weighted by Crippen LogP contribution is 2.58. The predicted octanol–water partition coefficient (Wildman–Crippen LogP) is 3.91. The van der Waals surface area contributed by atoms with Gasteiger partial charge >= 0.3 is 0 Å². The van der Waals surface area contributed by atoms with Gasteiger partial charge in [-0.3, -0.25) is 0 Å². The van der Waals surface area contributed by atoms with Crippen LogP contribution >= 0.6 is 0 Å². The first-order chi connectivity index (χ1) is 13.0. The van der Waals surface area contributed by atoms with Crippen molar-refractivity contribution in [2.45, 2.75) is 31.5 Å². The van der Waals surface area contributed by atoms with E-state index in [0.717, 1.165) is 22.6 Å². The number of fused-ring (bicyclic) bond motifs is 8. The van der Waals surface area contributed by atoms with E-state index in [1.807, 2.05) is 38.1 Å². The maximum atomic E-state index is 10.4. The van der Waals surface area contributed by atoms with Crippen LogP contribution in [0.5, 0.6) is 34.5 Å². The van der Waals surface area contributed by atoms with Gasteiger partial charge in [-0.2, -0.15) is 0 Å². The number of ether oxygens (including phenoxy) is 5. The molecule has 4 aliphatic rings. The summed E-state index contributed by atoms with van der Waals surface area (Å²) < 4.78 is 29.6. The highest BCUT2D eigenvalue weighted by Gasteiger charge is 2.45. The standard InChI is InChI=1S/C21H18O6/c1-21(2)4-3-10-13(22)6-17-18(20(10)27-21)19-12(8-23-17)11-5-15-16(25-9-24-15)7-14(11)26-19/h3-7,12,19,22H,8-9H2,1-2H3. The van der Waals surface area contributed by atoms with Crippen LogP contribution in [0.15, 0.2) is 24.3 Å². The normalized spacial score (nSPS) is 24.7. The second-order valence-electron chi connectivity index (χ2n) is 7.79. The fraction of sp³-hybridized carbons (Fsp3) is 0.333. The Morgan fingerprint density at radius 2 is 1.81 bits per heavy atom. The van der Waals surface area contributed by atoms with Gasteiger partial charge in [-0.15, -0.1) is 0 Å². The fourth-order valence-electron chi connectivity index (χ4n) is 4.22. The van der Waals surface area contributed by atoms with E-state index in [-0.39, 0.29) is 24.6 Å². The Bertz CT molecular complexity index is 1020.